The van der Waals surface area contributed by atoms with E-state index < -0.39 is 9.84 Å². The lowest BCUT2D eigenvalue weighted by molar-refractivity contribution is 0.602. The smallest absolute Gasteiger partial charge is 0.152 e. The van der Waals surface area contributed by atoms with E-state index in [1.54, 1.807) is 18.3 Å². The highest BCUT2D eigenvalue weighted by Crippen LogP contribution is 2.17. The number of nitrogens with two attached hydrogens (primary N) is 1. The minimum absolute atomic E-state index is 0.000393. The molecule has 0 aromatic carbocycles. The molecule has 1 aliphatic rings. The fraction of sp³-hybridized carbons (Fsp3) is 0.444. The lowest BCUT2D eigenvalue weighted by Crippen LogP contribution is -2.20. The Kier molecular flexibility index (Phi) is 2.52. The van der Waals surface area contributed by atoms with Gasteiger partial charge in [0.05, 0.1) is 23.4 Å². The maximum absolute atomic E-state index is 11.2. The summed E-state index contributed by atoms with van der Waals surface area (Å²) >= 11 is 0. The van der Waals surface area contributed by atoms with Crippen LogP contribution in [0.15, 0.2) is 18.3 Å². The summed E-state index contributed by atoms with van der Waals surface area (Å²) in [4.78, 5) is 3.92. The average Bonchev–Trinajstić information content (AvgIpc) is 2.50. The van der Waals surface area contributed by atoms with Crippen molar-refractivity contribution in [1.82, 2.24) is 4.98 Å². The molecule has 0 aliphatic carbocycles. The van der Waals surface area contributed by atoms with Crippen LogP contribution in [-0.4, -0.2) is 30.9 Å². The molecule has 2 heterocycles. The van der Waals surface area contributed by atoms with E-state index in [9.17, 15) is 8.42 Å². The molecule has 6 heteroatoms. The van der Waals surface area contributed by atoms with E-state index in [4.69, 9.17) is 5.73 Å². The minimum atomic E-state index is -2.83. The number of nitrogen functional groups attached to an aromatic ring is 1. The van der Waals surface area contributed by atoms with E-state index in [0.717, 1.165) is 5.69 Å². The zero-order chi connectivity index (χ0) is 10.9. The molecule has 0 amide bonds. The number of aromatic nitrogens is 1. The van der Waals surface area contributed by atoms with Crippen LogP contribution in [0.5, 0.6) is 0 Å². The Morgan fingerprint density at radius 1 is 1.47 bits per heavy atom. The summed E-state index contributed by atoms with van der Waals surface area (Å²) in [5.41, 5.74) is 6.25. The molecule has 0 saturated carbocycles. The van der Waals surface area contributed by atoms with Crippen molar-refractivity contribution in [3.63, 3.8) is 0 Å². The third-order valence-corrected chi connectivity index (χ3v) is 4.16. The molecule has 1 aliphatic heterocycles. The SMILES string of the molecule is Nc1ccc(NC2CCS(=O)(=O)C2)cn1. The van der Waals surface area contributed by atoms with Gasteiger partial charge in [0, 0.05) is 6.04 Å². The molecule has 0 radical (unpaired) electrons. The predicted molar refractivity (Wildman–Crippen MR) is 59.3 cm³/mol. The molecule has 0 spiro atoms. The van der Waals surface area contributed by atoms with Crippen LogP contribution in [0, 0.1) is 0 Å². The zero-order valence-corrected chi connectivity index (χ0v) is 9.00. The van der Waals surface area contributed by atoms with E-state index >= 15 is 0 Å². The fourth-order valence-electron chi connectivity index (χ4n) is 1.64. The maximum atomic E-state index is 11.2. The number of hydrogen-bond acceptors (Lipinski definition) is 5. The van der Waals surface area contributed by atoms with E-state index in [1.165, 1.54) is 0 Å². The summed E-state index contributed by atoms with van der Waals surface area (Å²) in [5, 5.41) is 3.13. The van der Waals surface area contributed by atoms with Crippen molar-refractivity contribution < 1.29 is 8.42 Å². The summed E-state index contributed by atoms with van der Waals surface area (Å²) in [6.45, 7) is 0. The van der Waals surface area contributed by atoms with Crippen molar-refractivity contribution >= 4 is 21.3 Å². The van der Waals surface area contributed by atoms with Gasteiger partial charge in [0.2, 0.25) is 0 Å². The minimum Gasteiger partial charge on any atom is -0.384 e. The standard InChI is InChI=1S/C9H13N3O2S/c10-9-2-1-7(5-11-9)12-8-3-4-15(13,14)6-8/h1-2,5,8,12H,3-4,6H2,(H2,10,11). The molecule has 1 saturated heterocycles. The van der Waals surface area contributed by atoms with Crippen molar-refractivity contribution in [2.24, 2.45) is 0 Å². The van der Waals surface area contributed by atoms with Crippen LogP contribution in [0.25, 0.3) is 0 Å². The van der Waals surface area contributed by atoms with E-state index in [0.29, 0.717) is 12.2 Å². The van der Waals surface area contributed by atoms with Crippen molar-refractivity contribution in [2.75, 3.05) is 22.6 Å². The number of hydrogen-bond donors (Lipinski definition) is 2. The van der Waals surface area contributed by atoms with E-state index in [2.05, 4.69) is 10.3 Å². The molecule has 1 atom stereocenters. The number of pyridine rings is 1. The Morgan fingerprint density at radius 2 is 2.27 bits per heavy atom. The molecule has 15 heavy (non-hydrogen) atoms. The number of rotatable bonds is 2. The van der Waals surface area contributed by atoms with Gasteiger partial charge in [-0.3, -0.25) is 0 Å². The molecular formula is C9H13N3O2S. The Hall–Kier alpha value is -1.30. The highest BCUT2D eigenvalue weighted by molar-refractivity contribution is 7.91. The summed E-state index contributed by atoms with van der Waals surface area (Å²) < 4.78 is 22.4. The van der Waals surface area contributed by atoms with Gasteiger partial charge in [-0.25, -0.2) is 13.4 Å². The maximum Gasteiger partial charge on any atom is 0.152 e. The quantitative estimate of drug-likeness (QED) is 0.757. The highest BCUT2D eigenvalue weighted by Gasteiger charge is 2.27. The number of nitrogens with zero attached hydrogens (tertiary/aromatic N) is 1. The second kappa shape index (κ2) is 3.69. The molecule has 3 N–H and O–H groups in total. The van der Waals surface area contributed by atoms with Crippen LogP contribution < -0.4 is 11.1 Å². The van der Waals surface area contributed by atoms with Crippen LogP contribution in [0.1, 0.15) is 6.42 Å². The molecular weight excluding hydrogens is 214 g/mol. The molecule has 5 nitrogen and oxygen atoms in total. The van der Waals surface area contributed by atoms with Gasteiger partial charge >= 0.3 is 0 Å². The first kappa shape index (κ1) is 10.2. The van der Waals surface area contributed by atoms with Crippen LogP contribution in [-0.2, 0) is 9.84 Å². The third kappa shape index (κ3) is 2.59. The van der Waals surface area contributed by atoms with Crippen LogP contribution in [0.2, 0.25) is 0 Å². The summed E-state index contributed by atoms with van der Waals surface area (Å²) in [7, 11) is -2.83. The lowest BCUT2D eigenvalue weighted by Gasteiger charge is -2.11. The molecule has 1 aromatic heterocycles. The van der Waals surface area contributed by atoms with Gasteiger partial charge in [-0.15, -0.1) is 0 Å². The Balaban J connectivity index is 2.02. The molecule has 1 unspecified atom stereocenters. The Morgan fingerprint density at radius 3 is 2.80 bits per heavy atom. The van der Waals surface area contributed by atoms with Crippen LogP contribution in [0.3, 0.4) is 0 Å². The monoisotopic (exact) mass is 227 g/mol. The van der Waals surface area contributed by atoms with Gasteiger partial charge in [0.25, 0.3) is 0 Å². The summed E-state index contributed by atoms with van der Waals surface area (Å²) in [6.07, 6.45) is 2.27. The van der Waals surface area contributed by atoms with Crippen molar-refractivity contribution in [3.05, 3.63) is 18.3 Å². The number of anilines is 2. The van der Waals surface area contributed by atoms with Gasteiger partial charge in [-0.1, -0.05) is 0 Å². The molecule has 1 fully saturated rings. The summed E-state index contributed by atoms with van der Waals surface area (Å²) in [6, 6.07) is 3.49. The normalized spacial score (nSPS) is 23.9. The first-order chi connectivity index (χ1) is 7.05. The van der Waals surface area contributed by atoms with Crippen molar-refractivity contribution in [1.29, 1.82) is 0 Å². The molecule has 1 aromatic rings. The lowest BCUT2D eigenvalue weighted by atomic mass is 10.2. The second-order valence-corrected chi connectivity index (χ2v) is 5.94. The van der Waals surface area contributed by atoms with E-state index in [1.807, 2.05) is 0 Å². The van der Waals surface area contributed by atoms with E-state index in [-0.39, 0.29) is 17.5 Å². The van der Waals surface area contributed by atoms with Gasteiger partial charge in [-0.05, 0) is 18.6 Å². The summed E-state index contributed by atoms with van der Waals surface area (Å²) in [5.74, 6) is 0.935. The fourth-order valence-corrected chi connectivity index (χ4v) is 3.31. The molecule has 82 valence electrons. The van der Waals surface area contributed by atoms with Gasteiger partial charge in [0.15, 0.2) is 9.84 Å². The van der Waals surface area contributed by atoms with Crippen LogP contribution in [0.4, 0.5) is 11.5 Å². The average molecular weight is 227 g/mol. The molecule has 0 bridgehead atoms. The Labute approximate surface area is 88.6 Å². The topological polar surface area (TPSA) is 85.1 Å². The van der Waals surface area contributed by atoms with Crippen molar-refractivity contribution in [3.8, 4) is 0 Å². The Bertz CT molecular complexity index is 441. The molecule has 2 rings (SSSR count). The number of sulfone groups is 1. The van der Waals surface area contributed by atoms with Gasteiger partial charge in [0.1, 0.15) is 5.82 Å². The second-order valence-electron chi connectivity index (χ2n) is 3.72. The highest BCUT2D eigenvalue weighted by atomic mass is 32.2. The number of nitrogens with one attached hydrogen (secondary N) is 1. The largest absolute Gasteiger partial charge is 0.384 e. The van der Waals surface area contributed by atoms with Gasteiger partial charge < -0.3 is 11.1 Å². The van der Waals surface area contributed by atoms with Crippen molar-refractivity contribution in [2.45, 2.75) is 12.5 Å². The van der Waals surface area contributed by atoms with Crippen LogP contribution >= 0.6 is 0 Å². The first-order valence-corrected chi connectivity index (χ1v) is 6.56. The zero-order valence-electron chi connectivity index (χ0n) is 8.18. The third-order valence-electron chi connectivity index (χ3n) is 2.39. The van der Waals surface area contributed by atoms with Gasteiger partial charge in [-0.2, -0.15) is 0 Å². The first-order valence-electron chi connectivity index (χ1n) is 4.74. The predicted octanol–water partition coefficient (Wildman–Crippen LogP) is 0.263.